The van der Waals surface area contributed by atoms with Crippen LogP contribution in [0.1, 0.15) is 6.42 Å². The Hall–Kier alpha value is -1.10. The second-order valence-corrected chi connectivity index (χ2v) is 4.50. The van der Waals surface area contributed by atoms with Crippen LogP contribution in [-0.4, -0.2) is 30.3 Å². The van der Waals surface area contributed by atoms with Gasteiger partial charge in [-0.2, -0.15) is 0 Å². The van der Waals surface area contributed by atoms with Gasteiger partial charge >= 0.3 is 0 Å². The van der Waals surface area contributed by atoms with Gasteiger partial charge in [0, 0.05) is 18.1 Å². The van der Waals surface area contributed by atoms with E-state index < -0.39 is 6.17 Å². The topological polar surface area (TPSA) is 34.1 Å². The summed E-state index contributed by atoms with van der Waals surface area (Å²) < 4.78 is 19.5. The molecule has 2 atom stereocenters. The van der Waals surface area contributed by atoms with Gasteiger partial charge in [0.1, 0.15) is 23.5 Å². The summed E-state index contributed by atoms with van der Waals surface area (Å²) in [7, 11) is 0. The molecule has 1 saturated heterocycles. The van der Waals surface area contributed by atoms with Crippen LogP contribution in [0.3, 0.4) is 0 Å². The van der Waals surface area contributed by atoms with Crippen LogP contribution < -0.4 is 10.1 Å². The number of aromatic nitrogens is 1. The van der Waals surface area contributed by atoms with E-state index in [2.05, 4.69) is 10.3 Å². The largest absolute Gasteiger partial charge is 0.485 e. The number of hydrogen-bond donors (Lipinski definition) is 1. The number of para-hydroxylation sites is 1. The number of hydrogen-bond acceptors (Lipinski definition) is 3. The summed E-state index contributed by atoms with van der Waals surface area (Å²) in [6.07, 6.45) is 1.08. The van der Waals surface area contributed by atoms with Gasteiger partial charge in [-0.1, -0.05) is 18.2 Å². The zero-order valence-electron chi connectivity index (χ0n) is 10.8. The molecule has 1 aliphatic rings. The van der Waals surface area contributed by atoms with Crippen molar-refractivity contribution in [3.8, 4) is 5.75 Å². The normalized spacial score (nSPS) is 21.6. The predicted molar refractivity (Wildman–Crippen MR) is 83.0 cm³/mol. The molecule has 2 aromatic rings. The quantitative estimate of drug-likeness (QED) is 0.923. The molecule has 0 spiro atoms. The van der Waals surface area contributed by atoms with Gasteiger partial charge in [-0.05, 0) is 25.1 Å². The lowest BCUT2D eigenvalue weighted by Gasteiger charge is -2.27. The third-order valence-corrected chi connectivity index (χ3v) is 3.22. The minimum absolute atomic E-state index is 0. The van der Waals surface area contributed by atoms with Crippen molar-refractivity contribution in [2.45, 2.75) is 18.7 Å². The van der Waals surface area contributed by atoms with Gasteiger partial charge in [-0.25, -0.2) is 4.39 Å². The number of nitrogens with zero attached hydrogens (tertiary/aromatic N) is 1. The third-order valence-electron chi connectivity index (χ3n) is 3.22. The maximum absolute atomic E-state index is 13.7. The second-order valence-electron chi connectivity index (χ2n) is 4.50. The summed E-state index contributed by atoms with van der Waals surface area (Å²) >= 11 is 0. The predicted octanol–water partition coefficient (Wildman–Crippen LogP) is 3.16. The Labute approximate surface area is 129 Å². The molecule has 6 heteroatoms. The van der Waals surface area contributed by atoms with Crippen molar-refractivity contribution in [1.29, 1.82) is 0 Å². The van der Waals surface area contributed by atoms with Gasteiger partial charge in [0.15, 0.2) is 0 Å². The number of halogens is 3. The number of ether oxygens (including phenoxy) is 1. The van der Waals surface area contributed by atoms with Crippen LogP contribution in [0, 0.1) is 0 Å². The van der Waals surface area contributed by atoms with Gasteiger partial charge in [-0.3, -0.25) is 4.98 Å². The van der Waals surface area contributed by atoms with Crippen molar-refractivity contribution in [1.82, 2.24) is 10.3 Å². The molecular weight excluding hydrogens is 302 g/mol. The first kappa shape index (κ1) is 17.0. The molecule has 1 aliphatic heterocycles. The highest BCUT2D eigenvalue weighted by Crippen LogP contribution is 2.26. The van der Waals surface area contributed by atoms with E-state index in [-0.39, 0.29) is 30.9 Å². The van der Waals surface area contributed by atoms with Gasteiger partial charge in [0.2, 0.25) is 0 Å². The summed E-state index contributed by atoms with van der Waals surface area (Å²) in [4.78, 5) is 4.31. The van der Waals surface area contributed by atoms with E-state index in [4.69, 9.17) is 4.74 Å². The molecule has 1 aromatic heterocycles. The molecule has 0 unspecified atom stereocenters. The Balaban J connectivity index is 0.000001000. The smallest absolute Gasteiger partial charge is 0.149 e. The third kappa shape index (κ3) is 3.51. The van der Waals surface area contributed by atoms with E-state index >= 15 is 0 Å². The van der Waals surface area contributed by atoms with Gasteiger partial charge in [0.25, 0.3) is 0 Å². The van der Waals surface area contributed by atoms with E-state index in [9.17, 15) is 4.39 Å². The molecule has 0 amide bonds. The second kappa shape index (κ2) is 7.62. The first-order valence-corrected chi connectivity index (χ1v) is 6.20. The first-order chi connectivity index (χ1) is 8.84. The van der Waals surface area contributed by atoms with Crippen molar-refractivity contribution in [3.05, 3.63) is 36.5 Å². The first-order valence-electron chi connectivity index (χ1n) is 6.20. The van der Waals surface area contributed by atoms with E-state index in [1.54, 1.807) is 6.20 Å². The number of nitrogens with one attached hydrogen (secondary N) is 1. The number of benzene rings is 1. The molecule has 0 bridgehead atoms. The van der Waals surface area contributed by atoms with Crippen molar-refractivity contribution in [3.63, 3.8) is 0 Å². The average Bonchev–Trinajstić information content (AvgIpc) is 2.42. The Morgan fingerprint density at radius 1 is 1.20 bits per heavy atom. The Morgan fingerprint density at radius 3 is 2.80 bits per heavy atom. The Kier molecular flexibility index (Phi) is 6.46. The molecule has 0 saturated carbocycles. The Bertz CT molecular complexity index is 550. The highest BCUT2D eigenvalue weighted by atomic mass is 35.5. The fourth-order valence-corrected chi connectivity index (χ4v) is 2.26. The van der Waals surface area contributed by atoms with Crippen LogP contribution in [0.4, 0.5) is 4.39 Å². The zero-order chi connectivity index (χ0) is 12.4. The number of fused-ring (bicyclic) bond motifs is 1. The van der Waals surface area contributed by atoms with E-state index in [1.807, 2.05) is 30.3 Å². The van der Waals surface area contributed by atoms with Crippen molar-refractivity contribution < 1.29 is 9.13 Å². The zero-order valence-corrected chi connectivity index (χ0v) is 12.4. The van der Waals surface area contributed by atoms with Crippen LogP contribution in [0.15, 0.2) is 36.5 Å². The lowest BCUT2D eigenvalue weighted by Crippen LogP contribution is -2.44. The van der Waals surface area contributed by atoms with Crippen LogP contribution in [0.25, 0.3) is 10.9 Å². The summed E-state index contributed by atoms with van der Waals surface area (Å²) in [5, 5.41) is 4.03. The molecule has 1 N–H and O–H groups in total. The summed E-state index contributed by atoms with van der Waals surface area (Å²) in [6, 6.07) is 9.60. The van der Waals surface area contributed by atoms with Gasteiger partial charge < -0.3 is 10.1 Å². The monoisotopic (exact) mass is 318 g/mol. The van der Waals surface area contributed by atoms with Crippen LogP contribution in [0.2, 0.25) is 0 Å². The average molecular weight is 319 g/mol. The lowest BCUT2D eigenvalue weighted by atomic mass is 10.1. The Morgan fingerprint density at radius 2 is 2.00 bits per heavy atom. The minimum atomic E-state index is -0.960. The van der Waals surface area contributed by atoms with Crippen molar-refractivity contribution in [2.24, 2.45) is 0 Å². The molecule has 1 fully saturated rings. The van der Waals surface area contributed by atoms with E-state index in [0.717, 1.165) is 17.4 Å². The molecule has 0 radical (unpaired) electrons. The van der Waals surface area contributed by atoms with E-state index in [0.29, 0.717) is 18.7 Å². The fourth-order valence-electron chi connectivity index (χ4n) is 2.26. The van der Waals surface area contributed by atoms with Gasteiger partial charge in [-0.15, -0.1) is 24.8 Å². The molecule has 3 rings (SSSR count). The highest BCUT2D eigenvalue weighted by molar-refractivity contribution is 5.85. The fraction of sp³-hybridized carbons (Fsp3) is 0.357. The lowest BCUT2D eigenvalue weighted by molar-refractivity contribution is 0.0742. The molecule has 20 heavy (non-hydrogen) atoms. The maximum Gasteiger partial charge on any atom is 0.149 e. The molecular formula is C14H17Cl2FN2O. The van der Waals surface area contributed by atoms with Crippen LogP contribution >= 0.6 is 24.8 Å². The summed E-state index contributed by atoms with van der Waals surface area (Å²) in [5.74, 6) is 0.669. The molecule has 3 nitrogen and oxygen atoms in total. The maximum atomic E-state index is 13.7. The standard InChI is InChI=1S/C14H15FN2O.2ClH/c15-11-9-16-8-6-12(11)18-13-5-1-3-10-4-2-7-17-14(10)13;;/h1-5,7,11-12,16H,6,8-9H2;2*1H/t11-,12-;;/m1../s1. The minimum Gasteiger partial charge on any atom is -0.485 e. The molecule has 0 aliphatic carbocycles. The SMILES string of the molecule is Cl.Cl.F[C@@H]1CNCC[C@H]1Oc1cccc2cccnc12. The molecule has 110 valence electrons. The number of piperidine rings is 1. The van der Waals surface area contributed by atoms with E-state index in [1.165, 1.54) is 0 Å². The number of rotatable bonds is 2. The molecule has 1 aromatic carbocycles. The number of alkyl halides is 1. The van der Waals surface area contributed by atoms with Gasteiger partial charge in [0.05, 0.1) is 0 Å². The van der Waals surface area contributed by atoms with Crippen LogP contribution in [0.5, 0.6) is 5.75 Å². The summed E-state index contributed by atoms with van der Waals surface area (Å²) in [6.45, 7) is 1.16. The highest BCUT2D eigenvalue weighted by Gasteiger charge is 2.26. The number of pyridine rings is 1. The molecule has 2 heterocycles. The van der Waals surface area contributed by atoms with Crippen molar-refractivity contribution >= 4 is 35.7 Å². The van der Waals surface area contributed by atoms with Crippen molar-refractivity contribution in [2.75, 3.05) is 13.1 Å². The summed E-state index contributed by atoms with van der Waals surface area (Å²) in [5.41, 5.74) is 0.797. The van der Waals surface area contributed by atoms with Crippen LogP contribution in [-0.2, 0) is 0 Å².